The van der Waals surface area contributed by atoms with E-state index >= 15 is 0 Å². The van der Waals surface area contributed by atoms with E-state index in [2.05, 4.69) is 34.7 Å². The smallest absolute Gasteiger partial charge is 0.0442 e. The van der Waals surface area contributed by atoms with Crippen LogP contribution < -0.4 is 5.32 Å². The molecule has 1 aromatic heterocycles. The first kappa shape index (κ1) is 19.2. The molecule has 1 atom stereocenters. The molecular weight excluding hydrogens is 299 g/mol. The summed E-state index contributed by atoms with van der Waals surface area (Å²) in [4.78, 5) is 4.22. The molecule has 2 nitrogen and oxygen atoms in total. The lowest BCUT2D eigenvalue weighted by Gasteiger charge is -2.34. The zero-order valence-electron chi connectivity index (χ0n) is 11.6. The standard InChI is InChI=1S/C14H24N2S.2ClH/c1-2-3-4-6-13(14-7-5-12-17-14)16-10-8-15-9-11-16;;/h5,7,12-13,15H,2-4,6,8-11H2,1H3;2*1H/t13-;;/m1../s1. The number of nitrogens with one attached hydrogen (secondary N) is 1. The molecule has 5 heteroatoms. The maximum absolute atomic E-state index is 3.44. The van der Waals surface area contributed by atoms with Gasteiger partial charge in [0.05, 0.1) is 0 Å². The van der Waals surface area contributed by atoms with Gasteiger partial charge in [-0.3, -0.25) is 4.90 Å². The zero-order valence-corrected chi connectivity index (χ0v) is 14.1. The Morgan fingerprint density at radius 2 is 2.00 bits per heavy atom. The third-order valence-corrected chi connectivity index (χ3v) is 4.52. The normalized spacial score (nSPS) is 17.3. The summed E-state index contributed by atoms with van der Waals surface area (Å²) in [6, 6.07) is 5.17. The molecule has 0 aliphatic carbocycles. The summed E-state index contributed by atoms with van der Waals surface area (Å²) in [7, 11) is 0. The highest BCUT2D eigenvalue weighted by molar-refractivity contribution is 7.10. The van der Waals surface area contributed by atoms with E-state index in [1.807, 2.05) is 11.3 Å². The maximum atomic E-state index is 3.44. The van der Waals surface area contributed by atoms with Crippen LogP contribution in [0.3, 0.4) is 0 Å². The average Bonchev–Trinajstić information content (AvgIpc) is 2.89. The Balaban J connectivity index is 0.00000162. The van der Waals surface area contributed by atoms with Gasteiger partial charge in [0.2, 0.25) is 0 Å². The molecule has 1 aliphatic rings. The van der Waals surface area contributed by atoms with Gasteiger partial charge >= 0.3 is 0 Å². The topological polar surface area (TPSA) is 15.3 Å². The van der Waals surface area contributed by atoms with Crippen LogP contribution in [0.5, 0.6) is 0 Å². The predicted octanol–water partition coefficient (Wildman–Crippen LogP) is 4.12. The lowest BCUT2D eigenvalue weighted by molar-refractivity contribution is 0.165. The first-order chi connectivity index (χ1) is 8.42. The van der Waals surface area contributed by atoms with Gasteiger partial charge in [0, 0.05) is 37.1 Å². The van der Waals surface area contributed by atoms with Crippen LogP contribution in [0, 0.1) is 0 Å². The number of rotatable bonds is 6. The molecule has 0 amide bonds. The van der Waals surface area contributed by atoms with Crippen LogP contribution in [-0.2, 0) is 0 Å². The number of thiophene rings is 1. The highest BCUT2D eigenvalue weighted by Crippen LogP contribution is 2.30. The number of halogens is 2. The minimum absolute atomic E-state index is 0. The van der Waals surface area contributed by atoms with Gasteiger partial charge in [-0.15, -0.1) is 36.2 Å². The number of piperazine rings is 1. The second-order valence-electron chi connectivity index (χ2n) is 4.81. The molecule has 2 rings (SSSR count). The molecule has 1 aromatic rings. The second-order valence-corrected chi connectivity index (χ2v) is 5.79. The van der Waals surface area contributed by atoms with Crippen molar-refractivity contribution in [1.82, 2.24) is 10.2 Å². The van der Waals surface area contributed by atoms with Gasteiger partial charge in [-0.25, -0.2) is 0 Å². The van der Waals surface area contributed by atoms with Crippen molar-refractivity contribution in [2.45, 2.75) is 38.6 Å². The molecule has 2 heterocycles. The van der Waals surface area contributed by atoms with Crippen molar-refractivity contribution in [2.75, 3.05) is 26.2 Å². The van der Waals surface area contributed by atoms with Gasteiger partial charge in [-0.1, -0.05) is 32.3 Å². The number of hydrogen-bond acceptors (Lipinski definition) is 3. The van der Waals surface area contributed by atoms with Gasteiger partial charge in [-0.2, -0.15) is 0 Å². The third-order valence-electron chi connectivity index (χ3n) is 3.55. The van der Waals surface area contributed by atoms with Crippen molar-refractivity contribution in [1.29, 1.82) is 0 Å². The molecule has 0 radical (unpaired) electrons. The van der Waals surface area contributed by atoms with Crippen LogP contribution in [0.25, 0.3) is 0 Å². The fraction of sp³-hybridized carbons (Fsp3) is 0.714. The van der Waals surface area contributed by atoms with E-state index in [-0.39, 0.29) is 24.8 Å². The fourth-order valence-corrected chi connectivity index (χ4v) is 3.46. The van der Waals surface area contributed by atoms with E-state index in [4.69, 9.17) is 0 Å². The Morgan fingerprint density at radius 3 is 2.58 bits per heavy atom. The minimum atomic E-state index is 0. The zero-order chi connectivity index (χ0) is 11.9. The molecule has 1 N–H and O–H groups in total. The first-order valence-electron chi connectivity index (χ1n) is 6.90. The summed E-state index contributed by atoms with van der Waals surface area (Å²) in [6.07, 6.45) is 5.38. The second kappa shape index (κ2) is 10.9. The Kier molecular flexibility index (Phi) is 11.0. The lowest BCUT2D eigenvalue weighted by Crippen LogP contribution is -2.45. The van der Waals surface area contributed by atoms with E-state index in [1.54, 1.807) is 4.88 Å². The van der Waals surface area contributed by atoms with Crippen molar-refractivity contribution < 1.29 is 0 Å². The molecule has 1 fully saturated rings. The Labute approximate surface area is 133 Å². The third kappa shape index (κ3) is 6.01. The molecule has 1 aliphatic heterocycles. The van der Waals surface area contributed by atoms with Crippen LogP contribution in [0.1, 0.15) is 43.5 Å². The molecular formula is C14H26Cl2N2S. The van der Waals surface area contributed by atoms with E-state index < -0.39 is 0 Å². The molecule has 1 saturated heterocycles. The molecule has 19 heavy (non-hydrogen) atoms. The van der Waals surface area contributed by atoms with E-state index in [9.17, 15) is 0 Å². The van der Waals surface area contributed by atoms with Crippen molar-refractivity contribution in [3.05, 3.63) is 22.4 Å². The van der Waals surface area contributed by atoms with Crippen molar-refractivity contribution >= 4 is 36.2 Å². The molecule has 112 valence electrons. The van der Waals surface area contributed by atoms with Crippen molar-refractivity contribution in [2.24, 2.45) is 0 Å². The summed E-state index contributed by atoms with van der Waals surface area (Å²) in [5.74, 6) is 0. The highest BCUT2D eigenvalue weighted by atomic mass is 35.5. The van der Waals surface area contributed by atoms with E-state index in [1.165, 1.54) is 38.8 Å². The Hall–Kier alpha value is 0.200. The Bertz CT molecular complexity index is 300. The van der Waals surface area contributed by atoms with Crippen molar-refractivity contribution in [3.63, 3.8) is 0 Å². The highest BCUT2D eigenvalue weighted by Gasteiger charge is 2.22. The van der Waals surface area contributed by atoms with Crippen LogP contribution in [-0.4, -0.2) is 31.1 Å². The van der Waals surface area contributed by atoms with Crippen molar-refractivity contribution in [3.8, 4) is 0 Å². The average molecular weight is 325 g/mol. The van der Waals surface area contributed by atoms with Crippen LogP contribution in [0.4, 0.5) is 0 Å². The lowest BCUT2D eigenvalue weighted by atomic mass is 10.0. The summed E-state index contributed by atoms with van der Waals surface area (Å²) >= 11 is 1.92. The quantitative estimate of drug-likeness (QED) is 0.792. The molecule has 0 aromatic carbocycles. The summed E-state index contributed by atoms with van der Waals surface area (Å²) in [5, 5.41) is 5.66. The molecule has 0 unspecified atom stereocenters. The van der Waals surface area contributed by atoms with Gasteiger partial charge in [0.15, 0.2) is 0 Å². The van der Waals surface area contributed by atoms with Crippen LogP contribution >= 0.6 is 36.2 Å². The van der Waals surface area contributed by atoms with Crippen LogP contribution in [0.15, 0.2) is 17.5 Å². The van der Waals surface area contributed by atoms with Crippen LogP contribution in [0.2, 0.25) is 0 Å². The largest absolute Gasteiger partial charge is 0.314 e. The molecule has 0 saturated carbocycles. The van der Waals surface area contributed by atoms with Gasteiger partial charge in [0.1, 0.15) is 0 Å². The predicted molar refractivity (Wildman–Crippen MR) is 90.1 cm³/mol. The van der Waals surface area contributed by atoms with Gasteiger partial charge in [-0.05, 0) is 17.9 Å². The maximum Gasteiger partial charge on any atom is 0.0442 e. The molecule has 0 spiro atoms. The summed E-state index contributed by atoms with van der Waals surface area (Å²) in [6.45, 7) is 6.99. The number of unbranched alkanes of at least 4 members (excludes halogenated alkanes) is 2. The van der Waals surface area contributed by atoms with E-state index in [0.717, 1.165) is 13.1 Å². The fourth-order valence-electron chi connectivity index (χ4n) is 2.57. The minimum Gasteiger partial charge on any atom is -0.314 e. The summed E-state index contributed by atoms with van der Waals surface area (Å²) in [5.41, 5.74) is 0. The Morgan fingerprint density at radius 1 is 1.26 bits per heavy atom. The SMILES string of the molecule is CCCCC[C@H](c1cccs1)N1CCNCC1.Cl.Cl. The van der Waals surface area contributed by atoms with Gasteiger partial charge < -0.3 is 5.32 Å². The van der Waals surface area contributed by atoms with Gasteiger partial charge in [0.25, 0.3) is 0 Å². The number of nitrogens with zero attached hydrogens (tertiary/aromatic N) is 1. The number of hydrogen-bond donors (Lipinski definition) is 1. The molecule has 0 bridgehead atoms. The van der Waals surface area contributed by atoms with E-state index in [0.29, 0.717) is 6.04 Å². The first-order valence-corrected chi connectivity index (χ1v) is 7.78. The summed E-state index contributed by atoms with van der Waals surface area (Å²) < 4.78 is 0. The monoisotopic (exact) mass is 324 g/mol.